The van der Waals surface area contributed by atoms with Gasteiger partial charge < -0.3 is 4.57 Å². The Hall–Kier alpha value is -5.61. The van der Waals surface area contributed by atoms with Gasteiger partial charge in [0.05, 0.1) is 44.5 Å². The highest BCUT2D eigenvalue weighted by Crippen LogP contribution is 2.41. The first-order valence-electron chi connectivity index (χ1n) is 14.3. The van der Waals surface area contributed by atoms with Crippen LogP contribution in [-0.4, -0.2) is 18.5 Å². The highest BCUT2D eigenvalue weighted by molar-refractivity contribution is 6.10. The van der Waals surface area contributed by atoms with Crippen molar-refractivity contribution in [3.05, 3.63) is 145 Å². The molecule has 9 aromatic rings. The van der Waals surface area contributed by atoms with E-state index in [0.29, 0.717) is 0 Å². The van der Waals surface area contributed by atoms with Gasteiger partial charge in [-0.05, 0) is 61.0 Å². The van der Waals surface area contributed by atoms with Gasteiger partial charge in [0.2, 0.25) is 5.78 Å². The molecule has 0 bridgehead atoms. The molecular weight excluding hydrogens is 512 g/mol. The third-order valence-electron chi connectivity index (χ3n) is 8.59. The van der Waals surface area contributed by atoms with E-state index in [4.69, 9.17) is 4.98 Å². The summed E-state index contributed by atoms with van der Waals surface area (Å²) in [5.41, 5.74) is 12.7. The summed E-state index contributed by atoms with van der Waals surface area (Å²) in [6.07, 6.45) is 0. The van der Waals surface area contributed by atoms with E-state index in [1.54, 1.807) is 0 Å². The Morgan fingerprint density at radius 3 is 1.79 bits per heavy atom. The third kappa shape index (κ3) is 3.09. The lowest BCUT2D eigenvalue weighted by molar-refractivity contribution is 1.10. The number of aryl methyl sites for hydroxylation is 1. The standard InChI is InChI=1S/C38H26N4/c1-25-13-12-24-36(40-30-18-6-2-14-26(30)27-15-3-7-19-31(27)40)37(25)28-16-4-8-20-32(28)41-34-22-10-11-23-35(34)42-33-21-9-5-17-29(33)39-38(41)42/h2-24H,1H3. The van der Waals surface area contributed by atoms with Crippen molar-refractivity contribution in [3.63, 3.8) is 0 Å². The average molecular weight is 539 g/mol. The van der Waals surface area contributed by atoms with Gasteiger partial charge in [0.25, 0.3) is 0 Å². The van der Waals surface area contributed by atoms with E-state index in [0.717, 1.165) is 33.5 Å². The van der Waals surface area contributed by atoms with Gasteiger partial charge in [-0.2, -0.15) is 0 Å². The largest absolute Gasteiger partial charge is 0.309 e. The zero-order chi connectivity index (χ0) is 27.8. The van der Waals surface area contributed by atoms with E-state index in [2.05, 4.69) is 160 Å². The first-order chi connectivity index (χ1) is 20.8. The molecule has 0 radical (unpaired) electrons. The zero-order valence-electron chi connectivity index (χ0n) is 23.1. The summed E-state index contributed by atoms with van der Waals surface area (Å²) in [5.74, 6) is 0.914. The minimum atomic E-state index is 0.914. The first kappa shape index (κ1) is 23.1. The highest BCUT2D eigenvalue weighted by atomic mass is 15.2. The molecule has 0 aliphatic rings. The number of nitrogens with zero attached hydrogens (tertiary/aromatic N) is 4. The summed E-state index contributed by atoms with van der Waals surface area (Å²) in [6.45, 7) is 2.22. The van der Waals surface area contributed by atoms with Gasteiger partial charge in [0, 0.05) is 21.9 Å². The summed E-state index contributed by atoms with van der Waals surface area (Å²) in [4.78, 5) is 5.16. The lowest BCUT2D eigenvalue weighted by atomic mass is 9.96. The van der Waals surface area contributed by atoms with E-state index in [-0.39, 0.29) is 0 Å². The van der Waals surface area contributed by atoms with Crippen molar-refractivity contribution in [2.24, 2.45) is 0 Å². The van der Waals surface area contributed by atoms with Crippen LogP contribution in [0.25, 0.3) is 72.2 Å². The molecule has 4 heteroatoms. The number of benzene rings is 6. The van der Waals surface area contributed by atoms with E-state index in [1.165, 1.54) is 44.2 Å². The summed E-state index contributed by atoms with van der Waals surface area (Å²) in [6, 6.07) is 49.8. The molecule has 0 saturated heterocycles. The number of rotatable bonds is 3. The molecule has 4 nitrogen and oxygen atoms in total. The lowest BCUT2D eigenvalue weighted by Gasteiger charge is -2.19. The second-order valence-electron chi connectivity index (χ2n) is 10.9. The van der Waals surface area contributed by atoms with Gasteiger partial charge in [0.15, 0.2) is 0 Å². The zero-order valence-corrected chi connectivity index (χ0v) is 23.1. The molecule has 0 fully saturated rings. The van der Waals surface area contributed by atoms with Gasteiger partial charge in [-0.25, -0.2) is 4.98 Å². The molecule has 9 rings (SSSR count). The van der Waals surface area contributed by atoms with Crippen LogP contribution in [0.5, 0.6) is 0 Å². The third-order valence-corrected chi connectivity index (χ3v) is 8.59. The van der Waals surface area contributed by atoms with Crippen molar-refractivity contribution in [2.75, 3.05) is 0 Å². The fourth-order valence-electron chi connectivity index (χ4n) is 6.84. The molecule has 0 atom stereocenters. The Balaban J connectivity index is 1.41. The molecule has 0 aliphatic carbocycles. The second kappa shape index (κ2) is 8.69. The van der Waals surface area contributed by atoms with Crippen molar-refractivity contribution in [2.45, 2.75) is 6.92 Å². The molecule has 198 valence electrons. The van der Waals surface area contributed by atoms with Gasteiger partial charge in [-0.3, -0.25) is 8.97 Å². The molecule has 0 N–H and O–H groups in total. The topological polar surface area (TPSA) is 27.2 Å². The van der Waals surface area contributed by atoms with Crippen LogP contribution in [0.1, 0.15) is 5.56 Å². The van der Waals surface area contributed by atoms with Crippen LogP contribution in [0.3, 0.4) is 0 Å². The van der Waals surface area contributed by atoms with Crippen LogP contribution in [0, 0.1) is 6.92 Å². The number of imidazole rings is 2. The van der Waals surface area contributed by atoms with E-state index in [1.807, 2.05) is 0 Å². The van der Waals surface area contributed by atoms with Crippen molar-refractivity contribution < 1.29 is 0 Å². The fraction of sp³-hybridized carbons (Fsp3) is 0.0263. The van der Waals surface area contributed by atoms with Gasteiger partial charge in [0.1, 0.15) is 0 Å². The predicted molar refractivity (Wildman–Crippen MR) is 174 cm³/mol. The Bertz CT molecular complexity index is 2430. The number of hydrogen-bond acceptors (Lipinski definition) is 1. The number of fused-ring (bicyclic) bond motifs is 8. The molecule has 0 amide bonds. The van der Waals surface area contributed by atoms with Gasteiger partial charge >= 0.3 is 0 Å². The molecular formula is C38H26N4. The smallest absolute Gasteiger partial charge is 0.220 e. The lowest BCUT2D eigenvalue weighted by Crippen LogP contribution is -2.03. The van der Waals surface area contributed by atoms with Crippen molar-refractivity contribution in [1.29, 1.82) is 0 Å². The molecule has 0 saturated carbocycles. The Morgan fingerprint density at radius 2 is 1.02 bits per heavy atom. The Morgan fingerprint density at radius 1 is 0.452 bits per heavy atom. The van der Waals surface area contributed by atoms with Crippen LogP contribution >= 0.6 is 0 Å². The van der Waals surface area contributed by atoms with Crippen molar-refractivity contribution in [3.8, 4) is 22.5 Å². The average Bonchev–Trinajstić information content (AvgIpc) is 3.68. The number of aromatic nitrogens is 4. The molecule has 3 heterocycles. The summed E-state index contributed by atoms with van der Waals surface area (Å²) in [5, 5.41) is 2.52. The molecule has 6 aromatic carbocycles. The number of para-hydroxylation sites is 7. The minimum absolute atomic E-state index is 0.914. The van der Waals surface area contributed by atoms with Crippen LogP contribution in [0.4, 0.5) is 0 Å². The fourth-order valence-corrected chi connectivity index (χ4v) is 6.84. The highest BCUT2D eigenvalue weighted by Gasteiger charge is 2.22. The second-order valence-corrected chi connectivity index (χ2v) is 10.9. The van der Waals surface area contributed by atoms with Crippen molar-refractivity contribution >= 4 is 49.7 Å². The van der Waals surface area contributed by atoms with Gasteiger partial charge in [-0.1, -0.05) is 91.0 Å². The summed E-state index contributed by atoms with van der Waals surface area (Å²) in [7, 11) is 0. The molecule has 42 heavy (non-hydrogen) atoms. The predicted octanol–water partition coefficient (Wildman–Crippen LogP) is 9.50. The normalized spacial score (nSPS) is 11.9. The summed E-state index contributed by atoms with van der Waals surface area (Å²) >= 11 is 0. The Labute approximate surface area is 242 Å². The SMILES string of the molecule is Cc1cccc(-n2c3ccccc3c3ccccc32)c1-c1ccccc1-n1c2ccccc2n2c3ccccc3nc12. The Kier molecular flexibility index (Phi) is 4.79. The van der Waals surface area contributed by atoms with E-state index < -0.39 is 0 Å². The maximum Gasteiger partial charge on any atom is 0.220 e. The quantitative estimate of drug-likeness (QED) is 0.220. The van der Waals surface area contributed by atoms with Crippen LogP contribution in [0.2, 0.25) is 0 Å². The van der Waals surface area contributed by atoms with E-state index in [9.17, 15) is 0 Å². The van der Waals surface area contributed by atoms with Gasteiger partial charge in [-0.15, -0.1) is 0 Å². The van der Waals surface area contributed by atoms with Crippen LogP contribution < -0.4 is 0 Å². The van der Waals surface area contributed by atoms with Crippen LogP contribution in [0.15, 0.2) is 140 Å². The van der Waals surface area contributed by atoms with Crippen molar-refractivity contribution in [1.82, 2.24) is 18.5 Å². The van der Waals surface area contributed by atoms with E-state index >= 15 is 0 Å². The maximum atomic E-state index is 5.16. The monoisotopic (exact) mass is 538 g/mol. The maximum absolute atomic E-state index is 5.16. The molecule has 3 aromatic heterocycles. The molecule has 0 unspecified atom stereocenters. The summed E-state index contributed by atoms with van der Waals surface area (Å²) < 4.78 is 7.04. The minimum Gasteiger partial charge on any atom is -0.309 e. The molecule has 0 aliphatic heterocycles. The van der Waals surface area contributed by atoms with Crippen LogP contribution in [-0.2, 0) is 0 Å². The first-order valence-corrected chi connectivity index (χ1v) is 14.3. The number of hydrogen-bond donors (Lipinski definition) is 0. The molecule has 0 spiro atoms.